The van der Waals surface area contributed by atoms with Crippen molar-refractivity contribution in [2.75, 3.05) is 0 Å². The quantitative estimate of drug-likeness (QED) is 0.518. The molecule has 3 nitrogen and oxygen atoms in total. The van der Waals surface area contributed by atoms with Gasteiger partial charge in [-0.25, -0.2) is 0 Å². The topological polar surface area (TPSA) is 61.1 Å². The number of carbonyl (C=O) groups excluding carboxylic acids is 1. The van der Waals surface area contributed by atoms with Gasteiger partial charge in [-0.1, -0.05) is 37.0 Å². The molecule has 18 heavy (non-hydrogen) atoms. The third-order valence-electron chi connectivity index (χ3n) is 2.31. The largest absolute Gasteiger partial charge is 0.506 e. The lowest BCUT2D eigenvalue weighted by atomic mass is 9.98. The number of benzene rings is 1. The number of aliphatic hydroxyl groups excluding tert-OH is 1. The summed E-state index contributed by atoms with van der Waals surface area (Å²) in [5.74, 6) is -1.23. The van der Waals surface area contributed by atoms with Crippen molar-refractivity contribution in [2.24, 2.45) is 5.92 Å². The zero-order valence-electron chi connectivity index (χ0n) is 9.87. The molecule has 0 aliphatic carbocycles. The number of carbonyl (C=O) groups is 1. The Morgan fingerprint density at radius 1 is 1.39 bits per heavy atom. The number of allylic oxidation sites excluding steroid dienone is 1. The molecule has 0 aromatic heterocycles. The summed E-state index contributed by atoms with van der Waals surface area (Å²) in [6.07, 6.45) is 0. The summed E-state index contributed by atoms with van der Waals surface area (Å²) >= 11 is 11.6. The lowest BCUT2D eigenvalue weighted by Gasteiger charge is -2.08. The summed E-state index contributed by atoms with van der Waals surface area (Å²) in [5.41, 5.74) is -0.0826. The van der Waals surface area contributed by atoms with Crippen molar-refractivity contribution in [1.29, 1.82) is 5.26 Å². The zero-order valence-corrected chi connectivity index (χ0v) is 11.4. The maximum absolute atomic E-state index is 11.8. The lowest BCUT2D eigenvalue weighted by Crippen LogP contribution is -2.11. The average Bonchev–Trinajstić information content (AvgIpc) is 2.29. The highest BCUT2D eigenvalue weighted by Crippen LogP contribution is 2.28. The van der Waals surface area contributed by atoms with E-state index in [1.54, 1.807) is 19.9 Å². The Labute approximate surface area is 115 Å². The van der Waals surface area contributed by atoms with Crippen molar-refractivity contribution in [1.82, 2.24) is 0 Å². The lowest BCUT2D eigenvalue weighted by molar-refractivity contribution is -0.117. The second kappa shape index (κ2) is 5.90. The maximum atomic E-state index is 11.8. The molecule has 0 fully saturated rings. The minimum absolute atomic E-state index is 0.185. The summed E-state index contributed by atoms with van der Waals surface area (Å²) in [4.78, 5) is 11.8. The molecule has 0 spiro atoms. The van der Waals surface area contributed by atoms with Crippen molar-refractivity contribution in [3.63, 3.8) is 0 Å². The molecule has 0 amide bonds. The number of hydrogen-bond donors (Lipinski definition) is 1. The molecule has 0 unspecified atom stereocenters. The number of hydrogen-bond acceptors (Lipinski definition) is 3. The first-order valence-corrected chi connectivity index (χ1v) is 5.97. The van der Waals surface area contributed by atoms with E-state index in [4.69, 9.17) is 28.5 Å². The van der Waals surface area contributed by atoms with E-state index in [-0.39, 0.29) is 22.1 Å². The summed E-state index contributed by atoms with van der Waals surface area (Å²) in [5, 5.41) is 19.5. The fourth-order valence-corrected chi connectivity index (χ4v) is 1.83. The molecule has 0 aliphatic heterocycles. The van der Waals surface area contributed by atoms with Crippen LogP contribution in [0.15, 0.2) is 23.8 Å². The molecule has 0 heterocycles. The van der Waals surface area contributed by atoms with Crippen molar-refractivity contribution in [3.8, 4) is 6.07 Å². The third-order valence-corrected chi connectivity index (χ3v) is 2.85. The molecule has 0 radical (unpaired) electrons. The van der Waals surface area contributed by atoms with Gasteiger partial charge in [-0.15, -0.1) is 0 Å². The Kier molecular flexibility index (Phi) is 4.77. The Balaban J connectivity index is 3.37. The standard InChI is InChI=1S/C13H11Cl2NO2/c1-7(2)12(17)10(6-16)13(18)9-4-3-8(14)5-11(9)15/h3-5,7,18H,1-2H3/b13-10-. The van der Waals surface area contributed by atoms with Crippen LogP contribution < -0.4 is 0 Å². The minimum Gasteiger partial charge on any atom is -0.506 e. The summed E-state index contributed by atoms with van der Waals surface area (Å²) < 4.78 is 0. The average molecular weight is 284 g/mol. The molecule has 94 valence electrons. The van der Waals surface area contributed by atoms with Crippen LogP contribution in [0.4, 0.5) is 0 Å². The van der Waals surface area contributed by atoms with Gasteiger partial charge in [-0.2, -0.15) is 5.26 Å². The smallest absolute Gasteiger partial charge is 0.179 e. The molecule has 0 bridgehead atoms. The van der Waals surface area contributed by atoms with Crippen LogP contribution in [0.25, 0.3) is 5.76 Å². The van der Waals surface area contributed by atoms with Gasteiger partial charge in [0.15, 0.2) is 5.78 Å². The van der Waals surface area contributed by atoms with E-state index in [2.05, 4.69) is 0 Å². The predicted octanol–water partition coefficient (Wildman–Crippen LogP) is 4.01. The van der Waals surface area contributed by atoms with Crippen LogP contribution in [0, 0.1) is 17.2 Å². The van der Waals surface area contributed by atoms with E-state index in [0.29, 0.717) is 5.02 Å². The first kappa shape index (κ1) is 14.6. The maximum Gasteiger partial charge on any atom is 0.179 e. The second-order valence-corrected chi connectivity index (χ2v) is 4.82. The van der Waals surface area contributed by atoms with E-state index in [9.17, 15) is 9.90 Å². The van der Waals surface area contributed by atoms with E-state index >= 15 is 0 Å². The predicted molar refractivity (Wildman–Crippen MR) is 71.5 cm³/mol. The van der Waals surface area contributed by atoms with Crippen LogP contribution in [-0.4, -0.2) is 10.9 Å². The van der Waals surface area contributed by atoms with Gasteiger partial charge in [0, 0.05) is 16.5 Å². The van der Waals surface area contributed by atoms with Crippen LogP contribution in [0.2, 0.25) is 10.0 Å². The third kappa shape index (κ3) is 3.04. The number of rotatable bonds is 3. The zero-order chi connectivity index (χ0) is 13.9. The van der Waals surface area contributed by atoms with Crippen LogP contribution in [0.5, 0.6) is 0 Å². The van der Waals surface area contributed by atoms with Gasteiger partial charge in [-0.05, 0) is 18.2 Å². The molecule has 1 N–H and O–H groups in total. The van der Waals surface area contributed by atoms with Crippen molar-refractivity contribution < 1.29 is 9.90 Å². The molecule has 1 aromatic rings. The summed E-state index contributed by atoms with van der Waals surface area (Å²) in [6, 6.07) is 6.13. The Morgan fingerprint density at radius 3 is 2.44 bits per heavy atom. The van der Waals surface area contributed by atoms with Gasteiger partial charge in [0.1, 0.15) is 17.4 Å². The highest BCUT2D eigenvalue weighted by molar-refractivity contribution is 6.35. The molecule has 0 saturated carbocycles. The van der Waals surface area contributed by atoms with Crippen molar-refractivity contribution >= 4 is 34.7 Å². The van der Waals surface area contributed by atoms with Gasteiger partial charge in [0.25, 0.3) is 0 Å². The number of nitriles is 1. The van der Waals surface area contributed by atoms with E-state index < -0.39 is 11.5 Å². The van der Waals surface area contributed by atoms with Gasteiger partial charge in [0.05, 0.1) is 5.02 Å². The Bertz CT molecular complexity index is 557. The fraction of sp³-hybridized carbons (Fsp3) is 0.231. The monoisotopic (exact) mass is 283 g/mol. The molecule has 1 aromatic carbocycles. The van der Waals surface area contributed by atoms with Crippen molar-refractivity contribution in [2.45, 2.75) is 13.8 Å². The van der Waals surface area contributed by atoms with Crippen LogP contribution >= 0.6 is 23.2 Å². The number of nitrogens with zero attached hydrogens (tertiary/aromatic N) is 1. The molecule has 0 atom stereocenters. The SMILES string of the molecule is CC(C)C(=O)/C(C#N)=C(\O)c1ccc(Cl)cc1Cl. The van der Waals surface area contributed by atoms with E-state index in [1.165, 1.54) is 18.2 Å². The normalized spacial score (nSPS) is 12.0. The Hall–Kier alpha value is -1.50. The van der Waals surface area contributed by atoms with E-state index in [0.717, 1.165) is 0 Å². The molecule has 1 rings (SSSR count). The highest BCUT2D eigenvalue weighted by atomic mass is 35.5. The number of ketones is 1. The van der Waals surface area contributed by atoms with Gasteiger partial charge >= 0.3 is 0 Å². The number of Topliss-reactive ketones (excluding diaryl/α,β-unsaturated/α-hetero) is 1. The molecule has 0 aliphatic rings. The van der Waals surface area contributed by atoms with Crippen LogP contribution in [0.1, 0.15) is 19.4 Å². The Morgan fingerprint density at radius 2 is 2.00 bits per heavy atom. The number of aliphatic hydroxyl groups is 1. The highest BCUT2D eigenvalue weighted by Gasteiger charge is 2.20. The second-order valence-electron chi connectivity index (χ2n) is 3.98. The van der Waals surface area contributed by atoms with Crippen LogP contribution in [-0.2, 0) is 4.79 Å². The van der Waals surface area contributed by atoms with Gasteiger partial charge in [0.2, 0.25) is 0 Å². The van der Waals surface area contributed by atoms with Gasteiger partial charge < -0.3 is 5.11 Å². The molecule has 5 heteroatoms. The first-order valence-electron chi connectivity index (χ1n) is 5.21. The first-order chi connectivity index (χ1) is 8.38. The fourth-order valence-electron chi connectivity index (χ4n) is 1.33. The van der Waals surface area contributed by atoms with E-state index in [1.807, 2.05) is 0 Å². The minimum atomic E-state index is -0.430. The summed E-state index contributed by atoms with van der Waals surface area (Å²) in [7, 11) is 0. The summed E-state index contributed by atoms with van der Waals surface area (Å²) in [6.45, 7) is 3.30. The molecule has 0 saturated heterocycles. The van der Waals surface area contributed by atoms with Gasteiger partial charge in [-0.3, -0.25) is 4.79 Å². The van der Waals surface area contributed by atoms with Crippen LogP contribution in [0.3, 0.4) is 0 Å². The van der Waals surface area contributed by atoms with Crippen molar-refractivity contribution in [3.05, 3.63) is 39.4 Å². The molecular weight excluding hydrogens is 273 g/mol. The molecular formula is C13H11Cl2NO2. The number of halogens is 2.